The first kappa shape index (κ1) is 18.8. The van der Waals surface area contributed by atoms with Crippen LogP contribution in [0, 0.1) is 0 Å². The van der Waals surface area contributed by atoms with Crippen LogP contribution in [-0.2, 0) is 10.0 Å². The summed E-state index contributed by atoms with van der Waals surface area (Å²) in [5.41, 5.74) is 1.02. The lowest BCUT2D eigenvalue weighted by atomic mass is 10.2. The summed E-state index contributed by atoms with van der Waals surface area (Å²) < 4.78 is 32.6. The molecule has 26 heavy (non-hydrogen) atoms. The zero-order chi connectivity index (χ0) is 18.6. The molecule has 0 unspecified atom stereocenters. The van der Waals surface area contributed by atoms with Crippen molar-refractivity contribution in [3.63, 3.8) is 0 Å². The van der Waals surface area contributed by atoms with Crippen LogP contribution in [0.4, 0.5) is 11.5 Å². The standard InChI is InChI=1S/C18H22ClN3O3S/c1-25-17-8-7-15(12-16(17)19)26(23,24)21-18-9-6-14(13-20-18)22-10-4-2-3-5-11-22/h6-9,12-13H,2-5,10-11H2,1H3,(H,20,21). The van der Waals surface area contributed by atoms with Crippen molar-refractivity contribution >= 4 is 33.1 Å². The number of aromatic nitrogens is 1. The second kappa shape index (κ2) is 8.14. The number of pyridine rings is 1. The van der Waals surface area contributed by atoms with Gasteiger partial charge in [0.2, 0.25) is 0 Å². The number of anilines is 2. The Labute approximate surface area is 159 Å². The fourth-order valence-electron chi connectivity index (χ4n) is 2.97. The average Bonchev–Trinajstić information content (AvgIpc) is 2.91. The van der Waals surface area contributed by atoms with Gasteiger partial charge in [-0.05, 0) is 43.2 Å². The normalized spacial score (nSPS) is 15.4. The average molecular weight is 396 g/mol. The summed E-state index contributed by atoms with van der Waals surface area (Å²) in [6.07, 6.45) is 6.57. The first-order chi connectivity index (χ1) is 12.5. The molecule has 1 N–H and O–H groups in total. The number of sulfonamides is 1. The summed E-state index contributed by atoms with van der Waals surface area (Å²) in [4.78, 5) is 6.61. The zero-order valence-electron chi connectivity index (χ0n) is 14.6. The highest BCUT2D eigenvalue weighted by molar-refractivity contribution is 7.92. The zero-order valence-corrected chi connectivity index (χ0v) is 16.2. The van der Waals surface area contributed by atoms with E-state index in [1.165, 1.54) is 51.0 Å². The van der Waals surface area contributed by atoms with Gasteiger partial charge in [-0.1, -0.05) is 24.4 Å². The first-order valence-corrected chi connectivity index (χ1v) is 10.4. The van der Waals surface area contributed by atoms with Gasteiger partial charge in [0.1, 0.15) is 11.6 Å². The number of nitrogens with one attached hydrogen (secondary N) is 1. The van der Waals surface area contributed by atoms with Crippen LogP contribution in [0.2, 0.25) is 5.02 Å². The van der Waals surface area contributed by atoms with Gasteiger partial charge >= 0.3 is 0 Å². The Morgan fingerprint density at radius 3 is 2.42 bits per heavy atom. The SMILES string of the molecule is COc1ccc(S(=O)(=O)Nc2ccc(N3CCCCCC3)cn2)cc1Cl. The molecular formula is C18H22ClN3O3S. The summed E-state index contributed by atoms with van der Waals surface area (Å²) >= 11 is 6.02. The summed E-state index contributed by atoms with van der Waals surface area (Å²) in [7, 11) is -2.29. The predicted octanol–water partition coefficient (Wildman–Crippen LogP) is 3.92. The number of rotatable bonds is 5. The van der Waals surface area contributed by atoms with E-state index in [1.54, 1.807) is 12.3 Å². The minimum atomic E-state index is -3.77. The van der Waals surface area contributed by atoms with E-state index in [9.17, 15) is 8.42 Å². The van der Waals surface area contributed by atoms with E-state index < -0.39 is 10.0 Å². The number of ether oxygens (including phenoxy) is 1. The highest BCUT2D eigenvalue weighted by Gasteiger charge is 2.17. The molecule has 1 aromatic carbocycles. The number of nitrogens with zero attached hydrogens (tertiary/aromatic N) is 2. The maximum atomic E-state index is 12.5. The van der Waals surface area contributed by atoms with Gasteiger partial charge < -0.3 is 9.64 Å². The number of benzene rings is 1. The molecule has 1 aliphatic heterocycles. The van der Waals surface area contributed by atoms with Gasteiger partial charge in [0, 0.05) is 13.1 Å². The fourth-order valence-corrected chi connectivity index (χ4v) is 4.33. The van der Waals surface area contributed by atoms with Crippen LogP contribution >= 0.6 is 11.6 Å². The second-order valence-electron chi connectivity index (χ2n) is 6.20. The largest absolute Gasteiger partial charge is 0.495 e. The molecule has 1 fully saturated rings. The van der Waals surface area contributed by atoms with E-state index in [1.807, 2.05) is 6.07 Å². The van der Waals surface area contributed by atoms with E-state index in [2.05, 4.69) is 14.6 Å². The molecule has 140 valence electrons. The van der Waals surface area contributed by atoms with Crippen molar-refractivity contribution < 1.29 is 13.2 Å². The Balaban J connectivity index is 1.74. The Morgan fingerprint density at radius 2 is 1.85 bits per heavy atom. The van der Waals surface area contributed by atoms with Gasteiger partial charge in [-0.25, -0.2) is 13.4 Å². The van der Waals surface area contributed by atoms with Gasteiger partial charge in [0.25, 0.3) is 10.0 Å². The van der Waals surface area contributed by atoms with Gasteiger partial charge in [-0.2, -0.15) is 0 Å². The van der Waals surface area contributed by atoms with E-state index in [0.717, 1.165) is 18.8 Å². The summed E-state index contributed by atoms with van der Waals surface area (Å²) in [5, 5.41) is 0.236. The number of hydrogen-bond acceptors (Lipinski definition) is 5. The van der Waals surface area contributed by atoms with Gasteiger partial charge in [-0.3, -0.25) is 4.72 Å². The molecule has 0 spiro atoms. The number of methoxy groups -OCH3 is 1. The molecule has 2 heterocycles. The van der Waals surface area contributed by atoms with Crippen LogP contribution in [-0.4, -0.2) is 33.6 Å². The van der Waals surface area contributed by atoms with Gasteiger partial charge in [0.15, 0.2) is 0 Å². The molecule has 2 aromatic rings. The van der Waals surface area contributed by atoms with Crippen molar-refractivity contribution in [3.05, 3.63) is 41.6 Å². The molecule has 0 saturated carbocycles. The van der Waals surface area contributed by atoms with Crippen molar-refractivity contribution in [1.82, 2.24) is 4.98 Å². The Hall–Kier alpha value is -1.99. The van der Waals surface area contributed by atoms with Crippen molar-refractivity contribution in [3.8, 4) is 5.75 Å². The van der Waals surface area contributed by atoms with Crippen LogP contribution in [0.15, 0.2) is 41.4 Å². The molecule has 0 amide bonds. The van der Waals surface area contributed by atoms with Crippen LogP contribution < -0.4 is 14.4 Å². The molecule has 0 atom stereocenters. The van der Waals surface area contributed by atoms with Crippen LogP contribution in [0.5, 0.6) is 5.75 Å². The highest BCUT2D eigenvalue weighted by atomic mass is 35.5. The van der Waals surface area contributed by atoms with E-state index in [-0.39, 0.29) is 15.7 Å². The van der Waals surface area contributed by atoms with Crippen molar-refractivity contribution in [2.75, 3.05) is 29.8 Å². The van der Waals surface area contributed by atoms with Crippen molar-refractivity contribution in [2.24, 2.45) is 0 Å². The Morgan fingerprint density at radius 1 is 1.12 bits per heavy atom. The Kier molecular flexibility index (Phi) is 5.88. The lowest BCUT2D eigenvalue weighted by molar-refractivity contribution is 0.414. The number of halogens is 1. The smallest absolute Gasteiger partial charge is 0.263 e. The van der Waals surface area contributed by atoms with Gasteiger partial charge in [0.05, 0.1) is 28.9 Å². The molecule has 6 nitrogen and oxygen atoms in total. The monoisotopic (exact) mass is 395 g/mol. The molecule has 3 rings (SSSR count). The molecule has 0 aliphatic carbocycles. The lowest BCUT2D eigenvalue weighted by Crippen LogP contribution is -2.24. The summed E-state index contributed by atoms with van der Waals surface area (Å²) in [6.45, 7) is 2.02. The first-order valence-electron chi connectivity index (χ1n) is 8.57. The molecule has 0 radical (unpaired) electrons. The van der Waals surface area contributed by atoms with Crippen LogP contribution in [0.25, 0.3) is 0 Å². The van der Waals surface area contributed by atoms with E-state index in [0.29, 0.717) is 5.75 Å². The summed E-state index contributed by atoms with van der Waals surface area (Å²) in [5.74, 6) is 0.695. The second-order valence-corrected chi connectivity index (χ2v) is 8.29. The minimum absolute atomic E-state index is 0.0571. The maximum Gasteiger partial charge on any atom is 0.263 e. The van der Waals surface area contributed by atoms with E-state index >= 15 is 0 Å². The molecule has 0 bridgehead atoms. The topological polar surface area (TPSA) is 71.5 Å². The van der Waals surface area contributed by atoms with E-state index in [4.69, 9.17) is 16.3 Å². The third kappa shape index (κ3) is 4.40. The van der Waals surface area contributed by atoms with Crippen molar-refractivity contribution in [2.45, 2.75) is 30.6 Å². The molecule has 1 aliphatic rings. The van der Waals surface area contributed by atoms with Crippen molar-refractivity contribution in [1.29, 1.82) is 0 Å². The third-order valence-electron chi connectivity index (χ3n) is 4.39. The highest BCUT2D eigenvalue weighted by Crippen LogP contribution is 2.28. The molecule has 1 aromatic heterocycles. The van der Waals surface area contributed by atoms with Crippen LogP contribution in [0.3, 0.4) is 0 Å². The minimum Gasteiger partial charge on any atom is -0.495 e. The maximum absolute atomic E-state index is 12.5. The van der Waals surface area contributed by atoms with Gasteiger partial charge in [-0.15, -0.1) is 0 Å². The molecule has 8 heteroatoms. The predicted molar refractivity (Wildman–Crippen MR) is 104 cm³/mol. The quantitative estimate of drug-likeness (QED) is 0.830. The molecular weight excluding hydrogens is 374 g/mol. The fraction of sp³-hybridized carbons (Fsp3) is 0.389. The summed E-state index contributed by atoms with van der Waals surface area (Å²) in [6, 6.07) is 7.90. The lowest BCUT2D eigenvalue weighted by Gasteiger charge is -2.22. The third-order valence-corrected chi connectivity index (χ3v) is 6.04. The Bertz CT molecular complexity index is 848. The number of hydrogen-bond donors (Lipinski definition) is 1. The van der Waals surface area contributed by atoms with Crippen LogP contribution in [0.1, 0.15) is 25.7 Å². The molecule has 1 saturated heterocycles.